The third-order valence-corrected chi connectivity index (χ3v) is 2.90. The average Bonchev–Trinajstić information content (AvgIpc) is 2.26. The van der Waals surface area contributed by atoms with E-state index in [2.05, 4.69) is 5.32 Å². The maximum absolute atomic E-state index is 11.6. The van der Waals surface area contributed by atoms with Gasteiger partial charge in [-0.05, 0) is 24.8 Å². The van der Waals surface area contributed by atoms with Crippen molar-refractivity contribution in [3.63, 3.8) is 0 Å². The largest absolute Gasteiger partial charge is 0.480 e. The first-order valence-electron chi connectivity index (χ1n) is 6.15. The van der Waals surface area contributed by atoms with Crippen molar-refractivity contribution >= 4 is 11.9 Å². The van der Waals surface area contributed by atoms with Crippen molar-refractivity contribution in [2.75, 3.05) is 13.2 Å². The zero-order chi connectivity index (χ0) is 14.2. The van der Waals surface area contributed by atoms with Gasteiger partial charge in [-0.3, -0.25) is 4.79 Å². The molecule has 0 radical (unpaired) electrons. The van der Waals surface area contributed by atoms with E-state index in [1.807, 2.05) is 13.8 Å². The summed E-state index contributed by atoms with van der Waals surface area (Å²) in [5.74, 6) is -1.43. The molecule has 1 amide bonds. The van der Waals surface area contributed by atoms with Crippen molar-refractivity contribution in [1.82, 2.24) is 5.32 Å². The van der Waals surface area contributed by atoms with Gasteiger partial charge in [-0.15, -0.1) is 0 Å². The minimum Gasteiger partial charge on any atom is -0.480 e. The summed E-state index contributed by atoms with van der Waals surface area (Å²) in [6.45, 7) is 4.35. The molecule has 0 spiro atoms. The number of carboxylic acid groups (broad SMARTS) is 1. The van der Waals surface area contributed by atoms with E-state index in [9.17, 15) is 9.59 Å². The second-order valence-electron chi connectivity index (χ2n) is 5.17. The molecule has 1 unspecified atom stereocenters. The number of aliphatic hydroxyl groups is 1. The summed E-state index contributed by atoms with van der Waals surface area (Å²) in [6.07, 6.45) is 1.76. The number of aliphatic hydroxyl groups excluding tert-OH is 1. The minimum absolute atomic E-state index is 0.0211. The second kappa shape index (κ2) is 8.05. The van der Waals surface area contributed by atoms with Crippen LogP contribution in [0.4, 0.5) is 0 Å². The quantitative estimate of drug-likeness (QED) is 0.469. The Hall–Kier alpha value is -1.14. The maximum atomic E-state index is 11.6. The minimum atomic E-state index is -1.13. The molecule has 0 aromatic heterocycles. The van der Waals surface area contributed by atoms with Crippen LogP contribution in [-0.2, 0) is 9.59 Å². The Morgan fingerprint density at radius 3 is 2.39 bits per heavy atom. The molecule has 0 aliphatic heterocycles. The van der Waals surface area contributed by atoms with Gasteiger partial charge in [-0.2, -0.15) is 0 Å². The average molecular weight is 260 g/mol. The number of nitrogens with one attached hydrogen (secondary N) is 1. The van der Waals surface area contributed by atoms with E-state index in [1.54, 1.807) is 0 Å². The van der Waals surface area contributed by atoms with Crippen molar-refractivity contribution in [3.8, 4) is 0 Å². The summed E-state index contributed by atoms with van der Waals surface area (Å²) in [7, 11) is 0. The summed E-state index contributed by atoms with van der Waals surface area (Å²) >= 11 is 0. The summed E-state index contributed by atoms with van der Waals surface area (Å²) in [5.41, 5.74) is 5.45. The lowest BCUT2D eigenvalue weighted by Gasteiger charge is -2.23. The molecule has 0 saturated heterocycles. The molecule has 0 bridgehead atoms. The van der Waals surface area contributed by atoms with Gasteiger partial charge >= 0.3 is 5.97 Å². The third kappa shape index (κ3) is 7.24. The van der Waals surface area contributed by atoms with Gasteiger partial charge in [0.1, 0.15) is 6.04 Å². The van der Waals surface area contributed by atoms with Crippen LogP contribution in [0.3, 0.4) is 0 Å². The number of carbonyl (C=O) groups is 2. The van der Waals surface area contributed by atoms with E-state index in [-0.39, 0.29) is 30.8 Å². The van der Waals surface area contributed by atoms with Gasteiger partial charge in [-0.1, -0.05) is 13.8 Å². The first kappa shape index (κ1) is 16.9. The molecule has 0 aromatic carbocycles. The SMILES string of the molecule is CC(C)(CCN)CCC(=O)NC(CCO)C(=O)O. The lowest BCUT2D eigenvalue weighted by molar-refractivity contribution is -0.142. The van der Waals surface area contributed by atoms with Crippen molar-refractivity contribution in [1.29, 1.82) is 0 Å². The summed E-state index contributed by atoms with van der Waals surface area (Å²) in [6, 6.07) is -1.01. The van der Waals surface area contributed by atoms with E-state index in [0.717, 1.165) is 6.42 Å². The lowest BCUT2D eigenvalue weighted by atomic mass is 9.84. The van der Waals surface area contributed by atoms with Gasteiger partial charge in [0.2, 0.25) is 5.91 Å². The number of carboxylic acids is 1. The molecule has 0 fully saturated rings. The van der Waals surface area contributed by atoms with Crippen LogP contribution in [-0.4, -0.2) is 41.3 Å². The van der Waals surface area contributed by atoms with Crippen LogP contribution < -0.4 is 11.1 Å². The Morgan fingerprint density at radius 2 is 1.94 bits per heavy atom. The standard InChI is InChI=1S/C12H24N2O4/c1-12(2,6-7-13)5-3-10(16)14-9(4-8-15)11(17)18/h9,15H,3-8,13H2,1-2H3,(H,14,16)(H,17,18). The van der Waals surface area contributed by atoms with Gasteiger partial charge in [-0.25, -0.2) is 4.79 Å². The maximum Gasteiger partial charge on any atom is 0.326 e. The molecule has 5 N–H and O–H groups in total. The predicted molar refractivity (Wildman–Crippen MR) is 68.0 cm³/mol. The van der Waals surface area contributed by atoms with Crippen LogP contribution in [0.5, 0.6) is 0 Å². The topological polar surface area (TPSA) is 113 Å². The highest BCUT2D eigenvalue weighted by Crippen LogP contribution is 2.25. The number of hydrogen-bond donors (Lipinski definition) is 4. The molecular formula is C12H24N2O4. The highest BCUT2D eigenvalue weighted by molar-refractivity contribution is 5.83. The zero-order valence-corrected chi connectivity index (χ0v) is 11.1. The molecule has 6 heteroatoms. The van der Waals surface area contributed by atoms with Gasteiger partial charge in [0.15, 0.2) is 0 Å². The van der Waals surface area contributed by atoms with Crippen molar-refractivity contribution < 1.29 is 19.8 Å². The van der Waals surface area contributed by atoms with Crippen LogP contribution in [0, 0.1) is 5.41 Å². The van der Waals surface area contributed by atoms with E-state index < -0.39 is 12.0 Å². The van der Waals surface area contributed by atoms with Crippen LogP contribution >= 0.6 is 0 Å². The number of aliphatic carboxylic acids is 1. The number of rotatable bonds is 9. The molecule has 6 nitrogen and oxygen atoms in total. The monoisotopic (exact) mass is 260 g/mol. The van der Waals surface area contributed by atoms with Crippen LogP contribution in [0.15, 0.2) is 0 Å². The van der Waals surface area contributed by atoms with Crippen LogP contribution in [0.25, 0.3) is 0 Å². The van der Waals surface area contributed by atoms with Crippen molar-refractivity contribution in [2.24, 2.45) is 11.1 Å². The van der Waals surface area contributed by atoms with Crippen LogP contribution in [0.2, 0.25) is 0 Å². The summed E-state index contributed by atoms with van der Waals surface area (Å²) in [4.78, 5) is 22.4. The fraction of sp³-hybridized carbons (Fsp3) is 0.833. The molecule has 0 aliphatic rings. The third-order valence-electron chi connectivity index (χ3n) is 2.90. The number of carbonyl (C=O) groups excluding carboxylic acids is 1. The predicted octanol–water partition coefficient (Wildman–Crippen LogP) is 0.0934. The highest BCUT2D eigenvalue weighted by atomic mass is 16.4. The van der Waals surface area contributed by atoms with Gasteiger partial charge in [0.25, 0.3) is 0 Å². The molecular weight excluding hydrogens is 236 g/mol. The molecule has 106 valence electrons. The number of nitrogens with two attached hydrogens (primary N) is 1. The second-order valence-corrected chi connectivity index (χ2v) is 5.17. The fourth-order valence-corrected chi connectivity index (χ4v) is 1.62. The number of amides is 1. The molecule has 18 heavy (non-hydrogen) atoms. The molecule has 0 heterocycles. The normalized spacial score (nSPS) is 13.1. The smallest absolute Gasteiger partial charge is 0.326 e. The fourth-order valence-electron chi connectivity index (χ4n) is 1.62. The molecule has 1 atom stereocenters. The van der Waals surface area contributed by atoms with E-state index in [4.69, 9.17) is 15.9 Å². The summed E-state index contributed by atoms with van der Waals surface area (Å²) in [5, 5.41) is 19.9. The number of hydrogen-bond acceptors (Lipinski definition) is 4. The Kier molecular flexibility index (Phi) is 7.54. The van der Waals surface area contributed by atoms with Crippen LogP contribution in [0.1, 0.15) is 39.5 Å². The summed E-state index contributed by atoms with van der Waals surface area (Å²) < 4.78 is 0. The zero-order valence-electron chi connectivity index (χ0n) is 11.1. The Labute approximate surface area is 108 Å². The van der Waals surface area contributed by atoms with E-state index in [0.29, 0.717) is 13.0 Å². The Bertz CT molecular complexity index is 279. The Balaban J connectivity index is 4.13. The van der Waals surface area contributed by atoms with Crippen molar-refractivity contribution in [3.05, 3.63) is 0 Å². The first-order valence-corrected chi connectivity index (χ1v) is 6.15. The van der Waals surface area contributed by atoms with E-state index >= 15 is 0 Å². The first-order chi connectivity index (χ1) is 8.32. The van der Waals surface area contributed by atoms with Gasteiger partial charge < -0.3 is 21.3 Å². The molecule has 0 rings (SSSR count). The molecule has 0 aliphatic carbocycles. The Morgan fingerprint density at radius 1 is 1.33 bits per heavy atom. The van der Waals surface area contributed by atoms with Gasteiger partial charge in [0, 0.05) is 19.4 Å². The molecule has 0 saturated carbocycles. The highest BCUT2D eigenvalue weighted by Gasteiger charge is 2.22. The van der Waals surface area contributed by atoms with Crippen molar-refractivity contribution in [2.45, 2.75) is 45.6 Å². The molecule has 0 aromatic rings. The lowest BCUT2D eigenvalue weighted by Crippen LogP contribution is -2.41. The van der Waals surface area contributed by atoms with E-state index in [1.165, 1.54) is 0 Å². The van der Waals surface area contributed by atoms with Gasteiger partial charge in [0.05, 0.1) is 0 Å².